The van der Waals surface area contributed by atoms with Gasteiger partial charge in [0.25, 0.3) is 0 Å². The van der Waals surface area contributed by atoms with Gasteiger partial charge >= 0.3 is 0 Å². The lowest BCUT2D eigenvalue weighted by atomic mass is 9.98. The van der Waals surface area contributed by atoms with Gasteiger partial charge in [0.05, 0.1) is 13.1 Å². The van der Waals surface area contributed by atoms with Crippen molar-refractivity contribution >= 4 is 22.7 Å². The standard InChI is InChI=1S/C28H42N6.2ClH/c1-21-17-23(3-5-27(21)29)31-9-7-25(19-31)33-11-14-34(15-12-33,16-13-33)26-8-10-32(20-26)24-4-6-28(30)22(2)18-24;;/h3-6,17-18,25-26H,7-16,19-20,29-30H2,1-2H3;2*1H/q+2;;/p-2. The molecule has 7 rings (SSSR count). The lowest BCUT2D eigenvalue weighted by molar-refractivity contribution is -1.10. The number of halogens is 2. The van der Waals surface area contributed by atoms with Crippen molar-refractivity contribution in [2.24, 2.45) is 0 Å². The molecular formula is C28H42Cl2N6. The number of quaternary nitrogens is 2. The van der Waals surface area contributed by atoms with E-state index in [2.05, 4.69) is 60.0 Å². The summed E-state index contributed by atoms with van der Waals surface area (Å²) in [4.78, 5) is 5.22. The second kappa shape index (κ2) is 10.1. The molecule has 0 amide bonds. The molecule has 2 aromatic rings. The molecule has 198 valence electrons. The number of benzene rings is 2. The average Bonchev–Trinajstić information content (AvgIpc) is 3.55. The van der Waals surface area contributed by atoms with Crippen LogP contribution in [0.1, 0.15) is 24.0 Å². The molecule has 36 heavy (non-hydrogen) atoms. The van der Waals surface area contributed by atoms with E-state index < -0.39 is 0 Å². The zero-order valence-electron chi connectivity index (χ0n) is 21.8. The summed E-state index contributed by atoms with van der Waals surface area (Å²) in [5.41, 5.74) is 19.1. The second-order valence-corrected chi connectivity index (χ2v) is 11.6. The third-order valence-corrected chi connectivity index (χ3v) is 10.1. The first-order valence-corrected chi connectivity index (χ1v) is 13.3. The smallest absolute Gasteiger partial charge is 0.129 e. The van der Waals surface area contributed by atoms with Crippen molar-refractivity contribution in [1.29, 1.82) is 0 Å². The number of aryl methyl sites for hydroxylation is 2. The zero-order valence-corrected chi connectivity index (χ0v) is 23.3. The third kappa shape index (κ3) is 4.51. The Hall–Kier alpha value is -1.86. The van der Waals surface area contributed by atoms with Crippen LogP contribution in [0.25, 0.3) is 0 Å². The lowest BCUT2D eigenvalue weighted by Crippen LogP contribution is -3.00. The van der Waals surface area contributed by atoms with Crippen LogP contribution in [0.4, 0.5) is 22.7 Å². The Morgan fingerprint density at radius 2 is 1.00 bits per heavy atom. The van der Waals surface area contributed by atoms with Gasteiger partial charge in [-0.3, -0.25) is 0 Å². The van der Waals surface area contributed by atoms with Gasteiger partial charge in [0, 0.05) is 48.7 Å². The summed E-state index contributed by atoms with van der Waals surface area (Å²) in [7, 11) is 0. The Kier molecular flexibility index (Phi) is 7.65. The highest BCUT2D eigenvalue weighted by Crippen LogP contribution is 2.38. The summed E-state index contributed by atoms with van der Waals surface area (Å²) in [5, 5.41) is 0. The van der Waals surface area contributed by atoms with Gasteiger partial charge < -0.3 is 55.0 Å². The minimum atomic E-state index is 0. The zero-order chi connectivity index (χ0) is 23.5. The predicted octanol–water partition coefficient (Wildman–Crippen LogP) is -3.01. The molecule has 0 aliphatic carbocycles. The van der Waals surface area contributed by atoms with Crippen molar-refractivity contribution < 1.29 is 33.8 Å². The van der Waals surface area contributed by atoms with Crippen molar-refractivity contribution in [1.82, 2.24) is 0 Å². The maximum atomic E-state index is 6.07. The minimum absolute atomic E-state index is 0. The Balaban J connectivity index is 0.00000152. The number of hydrogen-bond acceptors (Lipinski definition) is 4. The van der Waals surface area contributed by atoms with Crippen LogP contribution in [-0.4, -0.2) is 86.5 Å². The van der Waals surface area contributed by atoms with Gasteiger partial charge in [0.15, 0.2) is 0 Å². The fourth-order valence-corrected chi connectivity index (χ4v) is 7.52. The van der Waals surface area contributed by atoms with E-state index in [-0.39, 0.29) is 24.8 Å². The molecule has 0 saturated carbocycles. The summed E-state index contributed by atoms with van der Waals surface area (Å²) in [6.07, 6.45) is 2.66. The number of piperazine rings is 3. The van der Waals surface area contributed by atoms with Crippen molar-refractivity contribution in [2.75, 3.05) is 86.7 Å². The molecule has 2 atom stereocenters. The summed E-state index contributed by atoms with van der Waals surface area (Å²) in [5.74, 6) is 0. The number of anilines is 4. The molecule has 4 N–H and O–H groups in total. The minimum Gasteiger partial charge on any atom is -1.00 e. The predicted molar refractivity (Wildman–Crippen MR) is 142 cm³/mol. The first-order chi connectivity index (χ1) is 16.4. The van der Waals surface area contributed by atoms with Gasteiger partial charge in [-0.25, -0.2) is 0 Å². The van der Waals surface area contributed by atoms with Crippen molar-refractivity contribution in [3.63, 3.8) is 0 Å². The van der Waals surface area contributed by atoms with Gasteiger partial charge in [-0.2, -0.15) is 0 Å². The summed E-state index contributed by atoms with van der Waals surface area (Å²) >= 11 is 0. The third-order valence-electron chi connectivity index (χ3n) is 10.1. The summed E-state index contributed by atoms with van der Waals surface area (Å²) in [6.45, 7) is 17.3. The van der Waals surface area contributed by atoms with E-state index in [9.17, 15) is 0 Å². The van der Waals surface area contributed by atoms with Gasteiger partial charge in [0.2, 0.25) is 0 Å². The quantitative estimate of drug-likeness (QED) is 0.325. The molecule has 5 aliphatic rings. The van der Waals surface area contributed by atoms with Crippen LogP contribution >= 0.6 is 0 Å². The van der Waals surface area contributed by atoms with Crippen LogP contribution in [0.3, 0.4) is 0 Å². The van der Waals surface area contributed by atoms with E-state index in [1.807, 2.05) is 0 Å². The van der Waals surface area contributed by atoms with Crippen LogP contribution in [0.2, 0.25) is 0 Å². The Labute approximate surface area is 229 Å². The van der Waals surface area contributed by atoms with E-state index >= 15 is 0 Å². The summed E-state index contributed by atoms with van der Waals surface area (Å²) in [6, 6.07) is 14.7. The molecule has 2 bridgehead atoms. The van der Waals surface area contributed by atoms with Crippen molar-refractivity contribution in [3.05, 3.63) is 47.5 Å². The van der Waals surface area contributed by atoms with E-state index in [0.717, 1.165) is 23.5 Å². The summed E-state index contributed by atoms with van der Waals surface area (Å²) < 4.78 is 2.75. The number of hydrogen-bond donors (Lipinski definition) is 2. The highest BCUT2D eigenvalue weighted by molar-refractivity contribution is 5.59. The van der Waals surface area contributed by atoms with Crippen molar-refractivity contribution in [3.8, 4) is 0 Å². The molecule has 5 heterocycles. The van der Waals surface area contributed by atoms with E-state index in [1.54, 1.807) is 0 Å². The maximum absolute atomic E-state index is 6.07. The van der Waals surface area contributed by atoms with E-state index in [0.29, 0.717) is 0 Å². The van der Waals surface area contributed by atoms with E-state index in [1.165, 1.54) is 110 Å². The Morgan fingerprint density at radius 1 is 0.639 bits per heavy atom. The largest absolute Gasteiger partial charge is 1.00 e. The molecule has 2 aromatic carbocycles. The Bertz CT molecular complexity index is 982. The SMILES string of the molecule is Cc1cc(N2CCC([N+]34CC[N+](C5CCN(c6ccc(N)c(C)c6)C5)(CC3)CC4)C2)ccc1N.[Cl-].[Cl-]. The highest BCUT2D eigenvalue weighted by Gasteiger charge is 2.56. The molecule has 0 radical (unpaired) electrons. The fraction of sp³-hybridized carbons (Fsp3) is 0.571. The normalized spacial score (nSPS) is 31.3. The first kappa shape index (κ1) is 27.2. The average molecular weight is 534 g/mol. The second-order valence-electron chi connectivity index (χ2n) is 11.6. The Morgan fingerprint density at radius 3 is 1.33 bits per heavy atom. The molecule has 5 aliphatic heterocycles. The molecule has 0 spiro atoms. The topological polar surface area (TPSA) is 58.5 Å². The monoisotopic (exact) mass is 532 g/mol. The van der Waals surface area contributed by atoms with Gasteiger partial charge in [-0.15, -0.1) is 0 Å². The molecule has 8 heteroatoms. The molecule has 5 saturated heterocycles. The number of nitrogens with two attached hydrogens (primary N) is 2. The molecule has 0 aromatic heterocycles. The number of rotatable bonds is 4. The molecule has 5 fully saturated rings. The number of nitrogens with zero attached hydrogens (tertiary/aromatic N) is 4. The highest BCUT2D eigenvalue weighted by atomic mass is 35.5. The van der Waals surface area contributed by atoms with Crippen LogP contribution in [0.5, 0.6) is 0 Å². The van der Waals surface area contributed by atoms with Gasteiger partial charge in [-0.05, 0) is 61.4 Å². The van der Waals surface area contributed by atoms with Crippen molar-refractivity contribution in [2.45, 2.75) is 38.8 Å². The van der Waals surface area contributed by atoms with Crippen LogP contribution in [0.15, 0.2) is 36.4 Å². The van der Waals surface area contributed by atoms with Crippen LogP contribution in [-0.2, 0) is 0 Å². The fourth-order valence-electron chi connectivity index (χ4n) is 7.52. The van der Waals surface area contributed by atoms with Gasteiger partial charge in [-0.1, -0.05) is 0 Å². The lowest BCUT2D eigenvalue weighted by Gasteiger charge is -2.59. The molecule has 2 unspecified atom stereocenters. The maximum Gasteiger partial charge on any atom is 0.129 e. The first-order valence-electron chi connectivity index (χ1n) is 13.3. The van der Waals surface area contributed by atoms with E-state index in [4.69, 9.17) is 11.5 Å². The van der Waals surface area contributed by atoms with Crippen LogP contribution in [0, 0.1) is 13.8 Å². The molecular weight excluding hydrogens is 491 g/mol. The molecule has 6 nitrogen and oxygen atoms in total. The van der Waals surface area contributed by atoms with Crippen LogP contribution < -0.4 is 46.1 Å². The van der Waals surface area contributed by atoms with Gasteiger partial charge in [0.1, 0.15) is 51.4 Å². The number of fused-ring (bicyclic) bond motifs is 3. The number of nitrogen functional groups attached to an aromatic ring is 2.